The molecule has 14 nitrogen and oxygen atoms in total. The van der Waals surface area contributed by atoms with E-state index in [0.29, 0.717) is 45.9 Å². The minimum absolute atomic E-state index is 0.493. The van der Waals surface area contributed by atoms with Crippen LogP contribution in [0.4, 0.5) is 0 Å². The average Bonchev–Trinajstić information content (AvgIpc) is 3.80. The van der Waals surface area contributed by atoms with E-state index in [9.17, 15) is 0 Å². The summed E-state index contributed by atoms with van der Waals surface area (Å²) in [5, 5.41) is 1.88. The number of allylic oxidation sites excluding steroid dienone is 1. The van der Waals surface area contributed by atoms with Crippen LogP contribution >= 0.6 is 0 Å². The van der Waals surface area contributed by atoms with Gasteiger partial charge in [-0.25, -0.2) is 8.42 Å². The van der Waals surface area contributed by atoms with Crippen LogP contribution < -0.4 is 0 Å². The SMILES string of the molecule is O=S([O-])O.O=S([O-])O.[Co]=[CH]/C=C\c1[c-]c2nc3nc(nc4[nH]c(nc5nc(nc1[nH]2)-c1ccccc1-5)c1ccccc41)-c1ccccc1-3. The van der Waals surface area contributed by atoms with Crippen LogP contribution in [0.1, 0.15) is 5.56 Å². The van der Waals surface area contributed by atoms with Gasteiger partial charge < -0.3 is 18.2 Å². The number of hydrogen-bond donors (Lipinski definition) is 4. The standard InChI is InChI=1S/C31H17N8.Co.2H2O3S/c1-2-9-17-16-24-32-25(17)34-27-20-12-5-6-13-21(20)29(36-27)38-31-23-15-8-7-14-22(23)30(39-31)37-28-19-11-4-3-10-18(19)26(33-24)35-28;;2*1-4(2)3/h1-15H,(H2,32,33,34,35,36,37,38,39);;2*(H2,1,2,3)/q-1;;;/p-2/b9-2-;;;. The Hall–Kier alpha value is -4.98. The Morgan fingerprint density at radius 1 is 0.625 bits per heavy atom. The number of aromatic nitrogens is 8. The van der Waals surface area contributed by atoms with Crippen molar-refractivity contribution in [2.24, 2.45) is 0 Å². The van der Waals surface area contributed by atoms with Crippen molar-refractivity contribution in [2.75, 3.05) is 0 Å². The molecule has 8 bridgehead atoms. The van der Waals surface area contributed by atoms with Crippen molar-refractivity contribution >= 4 is 67.1 Å². The molecule has 0 amide bonds. The number of benzene rings is 3. The van der Waals surface area contributed by atoms with Crippen molar-refractivity contribution in [1.82, 2.24) is 39.9 Å². The quantitative estimate of drug-likeness (QED) is 0.142. The predicted molar refractivity (Wildman–Crippen MR) is 176 cm³/mol. The van der Waals surface area contributed by atoms with Crippen molar-refractivity contribution in [1.29, 1.82) is 0 Å². The zero-order valence-corrected chi connectivity index (χ0v) is 26.7. The molecule has 17 heteroatoms. The molecule has 243 valence electrons. The summed E-state index contributed by atoms with van der Waals surface area (Å²) in [5.74, 6) is 2.23. The molecule has 0 fully saturated rings. The van der Waals surface area contributed by atoms with Crippen molar-refractivity contribution in [2.45, 2.75) is 0 Å². The van der Waals surface area contributed by atoms with Gasteiger partial charge in [0.25, 0.3) is 0 Å². The van der Waals surface area contributed by atoms with Crippen molar-refractivity contribution in [3.63, 3.8) is 0 Å². The number of fused-ring (bicyclic) bond motifs is 17. The third kappa shape index (κ3) is 7.12. The van der Waals surface area contributed by atoms with Gasteiger partial charge in [-0.15, -0.1) is 0 Å². The molecular weight excluding hydrogens is 703 g/mol. The van der Waals surface area contributed by atoms with Crippen molar-refractivity contribution < 1.29 is 41.9 Å². The summed E-state index contributed by atoms with van der Waals surface area (Å²) in [4.78, 5) is 37.8. The molecule has 0 saturated carbocycles. The second-order valence-corrected chi connectivity index (χ2v) is 10.9. The molecule has 2 aliphatic rings. The Morgan fingerprint density at radius 3 is 1.46 bits per heavy atom. The summed E-state index contributed by atoms with van der Waals surface area (Å²) >= 11 is -1.47. The zero-order chi connectivity index (χ0) is 33.8. The van der Waals surface area contributed by atoms with Crippen LogP contribution in [0.5, 0.6) is 0 Å². The van der Waals surface area contributed by atoms with E-state index in [-0.39, 0.29) is 0 Å². The van der Waals surface area contributed by atoms with Gasteiger partial charge in [-0.05, 0) is 0 Å². The van der Waals surface area contributed by atoms with Gasteiger partial charge in [0.15, 0.2) is 0 Å². The molecule has 3 aromatic heterocycles. The third-order valence-corrected chi connectivity index (χ3v) is 7.06. The maximum absolute atomic E-state index is 8.56. The molecule has 2 atom stereocenters. The normalized spacial score (nSPS) is 12.6. The molecule has 8 rings (SSSR count). The number of rotatable bonds is 2. The number of nitrogens with zero attached hydrogens (tertiary/aromatic N) is 6. The molecule has 2 aliphatic heterocycles. The Labute approximate surface area is 283 Å². The molecule has 5 heterocycles. The first kappa shape index (κ1) is 32.9. The summed E-state index contributed by atoms with van der Waals surface area (Å²) in [7, 11) is 0. The van der Waals surface area contributed by atoms with Crippen LogP contribution in [0.15, 0.2) is 78.9 Å². The van der Waals surface area contributed by atoms with E-state index in [2.05, 4.69) is 31.3 Å². The molecule has 0 radical (unpaired) electrons. The van der Waals surface area contributed by atoms with Crippen LogP contribution in [0.25, 0.3) is 85.0 Å². The van der Waals surface area contributed by atoms with E-state index in [4.69, 9.17) is 56.5 Å². The Bertz CT molecular complexity index is 2430. The van der Waals surface area contributed by atoms with Crippen molar-refractivity contribution in [3.05, 3.63) is 90.5 Å². The van der Waals surface area contributed by atoms with Crippen LogP contribution in [0, 0.1) is 6.07 Å². The summed E-state index contributed by atoms with van der Waals surface area (Å²) in [6, 6.07) is 27.2. The number of nitrogens with one attached hydrogen (secondary N) is 2. The fourth-order valence-electron chi connectivity index (χ4n) is 5.06. The van der Waals surface area contributed by atoms with Gasteiger partial charge in [-0.1, -0.05) is 24.3 Å². The molecule has 48 heavy (non-hydrogen) atoms. The Morgan fingerprint density at radius 2 is 1.02 bits per heavy atom. The van der Waals surface area contributed by atoms with E-state index < -0.39 is 22.7 Å². The first-order chi connectivity index (χ1) is 23.2. The second-order valence-electron chi connectivity index (χ2n) is 9.69. The van der Waals surface area contributed by atoms with Gasteiger partial charge in [-0.3, -0.25) is 0 Å². The fourth-order valence-corrected chi connectivity index (χ4v) is 5.16. The summed E-state index contributed by atoms with van der Waals surface area (Å²) in [6.45, 7) is 0. The number of H-pyrrole nitrogens is 2. The molecule has 3 aromatic carbocycles. The summed E-state index contributed by atoms with van der Waals surface area (Å²) in [6.07, 6.45) is 3.68. The van der Waals surface area contributed by atoms with Gasteiger partial charge in [0.1, 0.15) is 0 Å². The Kier molecular flexibility index (Phi) is 9.89. The Balaban J connectivity index is 0.000000455. The minimum atomic E-state index is -2.86. The van der Waals surface area contributed by atoms with Crippen LogP contribution in [0.2, 0.25) is 0 Å². The van der Waals surface area contributed by atoms with Crippen LogP contribution in [0.3, 0.4) is 0 Å². The number of hydrogen-bond acceptors (Lipinski definition) is 10. The molecule has 4 N–H and O–H groups in total. The summed E-state index contributed by atoms with van der Waals surface area (Å²) < 4.78 is 48.2. The van der Waals surface area contributed by atoms with E-state index in [1.165, 1.54) is 0 Å². The van der Waals surface area contributed by atoms with Crippen molar-refractivity contribution in [3.8, 4) is 45.6 Å². The molecule has 2 unspecified atom stereocenters. The third-order valence-electron chi connectivity index (χ3n) is 6.86. The van der Waals surface area contributed by atoms with E-state index in [1.807, 2.05) is 84.9 Å². The predicted octanol–water partition coefficient (Wildman–Crippen LogP) is 4.56. The molecule has 6 aromatic rings. The summed E-state index contributed by atoms with van der Waals surface area (Å²) in [5.41, 5.74) is 6.70. The van der Waals surface area contributed by atoms with Gasteiger partial charge in [0.05, 0.1) is 22.7 Å². The molecule has 0 saturated heterocycles. The number of aromatic amines is 2. The molecular formula is C31H19CoN8O6S2-3. The van der Waals surface area contributed by atoms with Crippen LogP contribution in [-0.4, -0.2) is 71.5 Å². The van der Waals surface area contributed by atoms with Crippen LogP contribution in [-0.2, 0) is 38.0 Å². The zero-order valence-electron chi connectivity index (χ0n) is 24.0. The van der Waals surface area contributed by atoms with Gasteiger partial charge >= 0.3 is 206 Å². The van der Waals surface area contributed by atoms with E-state index in [1.54, 1.807) is 4.96 Å². The first-order valence-electron chi connectivity index (χ1n) is 13.6. The van der Waals surface area contributed by atoms with E-state index in [0.717, 1.165) is 38.6 Å². The van der Waals surface area contributed by atoms with E-state index >= 15 is 0 Å². The molecule has 0 aliphatic carbocycles. The maximum atomic E-state index is 8.56. The van der Waals surface area contributed by atoms with Gasteiger partial charge in [-0.2, -0.15) is 0 Å². The monoisotopic (exact) mass is 722 g/mol. The topological polar surface area (TPSA) is 230 Å². The van der Waals surface area contributed by atoms with Gasteiger partial charge in [0, 0.05) is 5.39 Å². The second kappa shape index (κ2) is 14.4. The first-order valence-corrected chi connectivity index (χ1v) is 16.3. The average molecular weight is 723 g/mol. The van der Waals surface area contributed by atoms with Gasteiger partial charge in [0.2, 0.25) is 0 Å². The molecule has 0 spiro atoms. The fraction of sp³-hybridized carbons (Fsp3) is 0.